The van der Waals surface area contributed by atoms with Crippen LogP contribution in [0.4, 0.5) is 0 Å². The molecule has 0 fully saturated rings. The second-order valence-corrected chi connectivity index (χ2v) is 5.47. The maximum absolute atomic E-state index is 6.02. The SMILES string of the molecule is CCCCN(CC)C(CN)c1cccc(OC(C)C)c1. The normalized spacial score (nSPS) is 12.9. The van der Waals surface area contributed by atoms with E-state index in [4.69, 9.17) is 10.5 Å². The first-order valence-corrected chi connectivity index (χ1v) is 7.83. The first-order chi connectivity index (χ1) is 9.62. The fourth-order valence-corrected chi connectivity index (χ4v) is 2.46. The standard InChI is InChI=1S/C17H30N2O/c1-5-7-11-19(6-2)17(13-18)15-9-8-10-16(12-15)20-14(3)4/h8-10,12,14,17H,5-7,11,13,18H2,1-4H3. The highest BCUT2D eigenvalue weighted by Crippen LogP contribution is 2.24. The molecule has 20 heavy (non-hydrogen) atoms. The highest BCUT2D eigenvalue weighted by Gasteiger charge is 2.17. The van der Waals surface area contributed by atoms with Crippen LogP contribution in [0.3, 0.4) is 0 Å². The summed E-state index contributed by atoms with van der Waals surface area (Å²) in [6, 6.07) is 8.64. The molecule has 0 amide bonds. The van der Waals surface area contributed by atoms with Crippen molar-refractivity contribution in [3.8, 4) is 5.75 Å². The number of ether oxygens (including phenoxy) is 1. The van der Waals surface area contributed by atoms with E-state index in [1.165, 1.54) is 18.4 Å². The van der Waals surface area contributed by atoms with Gasteiger partial charge in [0.15, 0.2) is 0 Å². The molecule has 0 aliphatic carbocycles. The van der Waals surface area contributed by atoms with E-state index in [0.717, 1.165) is 18.8 Å². The first-order valence-electron chi connectivity index (χ1n) is 7.83. The molecule has 3 heteroatoms. The molecule has 0 aliphatic rings. The number of rotatable bonds is 9. The molecule has 0 spiro atoms. The van der Waals surface area contributed by atoms with Gasteiger partial charge >= 0.3 is 0 Å². The van der Waals surface area contributed by atoms with Crippen molar-refractivity contribution in [1.29, 1.82) is 0 Å². The summed E-state index contributed by atoms with van der Waals surface area (Å²) in [4.78, 5) is 2.46. The van der Waals surface area contributed by atoms with Crippen LogP contribution >= 0.6 is 0 Å². The Morgan fingerprint density at radius 2 is 2.00 bits per heavy atom. The van der Waals surface area contributed by atoms with Crippen LogP contribution in [0.5, 0.6) is 5.75 Å². The molecule has 1 atom stereocenters. The molecule has 1 unspecified atom stereocenters. The Hall–Kier alpha value is -1.06. The molecule has 0 aliphatic heterocycles. The van der Waals surface area contributed by atoms with Crippen molar-refractivity contribution >= 4 is 0 Å². The monoisotopic (exact) mass is 278 g/mol. The molecule has 0 aromatic heterocycles. The Labute approximate surface area is 124 Å². The maximum Gasteiger partial charge on any atom is 0.120 e. The van der Waals surface area contributed by atoms with Crippen molar-refractivity contribution in [2.45, 2.75) is 52.7 Å². The lowest BCUT2D eigenvalue weighted by atomic mass is 10.0. The zero-order valence-corrected chi connectivity index (χ0v) is 13.4. The zero-order chi connectivity index (χ0) is 15.0. The molecule has 1 rings (SSSR count). The molecule has 0 saturated heterocycles. The minimum atomic E-state index is 0.198. The van der Waals surface area contributed by atoms with Crippen molar-refractivity contribution in [2.75, 3.05) is 19.6 Å². The third-order valence-corrected chi connectivity index (χ3v) is 3.48. The minimum Gasteiger partial charge on any atom is -0.491 e. The van der Waals surface area contributed by atoms with E-state index in [-0.39, 0.29) is 12.1 Å². The van der Waals surface area contributed by atoms with Gasteiger partial charge in [-0.2, -0.15) is 0 Å². The third-order valence-electron chi connectivity index (χ3n) is 3.48. The number of benzene rings is 1. The molecule has 0 radical (unpaired) electrons. The molecule has 2 N–H and O–H groups in total. The Balaban J connectivity index is 2.86. The van der Waals surface area contributed by atoms with Gasteiger partial charge in [0.05, 0.1) is 6.10 Å². The summed E-state index contributed by atoms with van der Waals surface area (Å²) in [5.41, 5.74) is 7.28. The zero-order valence-electron chi connectivity index (χ0n) is 13.4. The maximum atomic E-state index is 6.02. The van der Waals surface area contributed by atoms with Crippen LogP contribution in [0.15, 0.2) is 24.3 Å². The molecule has 0 heterocycles. The van der Waals surface area contributed by atoms with E-state index in [9.17, 15) is 0 Å². The lowest BCUT2D eigenvalue weighted by Crippen LogP contribution is -2.34. The van der Waals surface area contributed by atoms with E-state index in [1.807, 2.05) is 19.9 Å². The average Bonchev–Trinajstić information content (AvgIpc) is 2.43. The Bertz CT molecular complexity index is 379. The highest BCUT2D eigenvalue weighted by molar-refractivity contribution is 5.31. The molecule has 1 aromatic carbocycles. The summed E-state index contributed by atoms with van der Waals surface area (Å²) < 4.78 is 5.78. The van der Waals surface area contributed by atoms with E-state index < -0.39 is 0 Å². The van der Waals surface area contributed by atoms with E-state index in [1.54, 1.807) is 0 Å². The topological polar surface area (TPSA) is 38.5 Å². The molecular formula is C17H30N2O. The van der Waals surface area contributed by atoms with Gasteiger partial charge in [0.1, 0.15) is 5.75 Å². The predicted molar refractivity (Wildman–Crippen MR) is 86.2 cm³/mol. The van der Waals surface area contributed by atoms with Gasteiger partial charge in [0, 0.05) is 12.6 Å². The molecule has 114 valence electrons. The highest BCUT2D eigenvalue weighted by atomic mass is 16.5. The third kappa shape index (κ3) is 5.14. The van der Waals surface area contributed by atoms with Gasteiger partial charge in [-0.15, -0.1) is 0 Å². The van der Waals surface area contributed by atoms with Gasteiger partial charge in [-0.05, 0) is 51.1 Å². The van der Waals surface area contributed by atoms with Gasteiger partial charge in [0.2, 0.25) is 0 Å². The van der Waals surface area contributed by atoms with Gasteiger partial charge in [0.25, 0.3) is 0 Å². The van der Waals surface area contributed by atoms with Crippen LogP contribution in [-0.2, 0) is 0 Å². The number of likely N-dealkylation sites (N-methyl/N-ethyl adjacent to an activating group) is 1. The lowest BCUT2D eigenvalue weighted by molar-refractivity contribution is 0.207. The summed E-state index contributed by atoms with van der Waals surface area (Å²) in [7, 11) is 0. The van der Waals surface area contributed by atoms with E-state index >= 15 is 0 Å². The van der Waals surface area contributed by atoms with Crippen molar-refractivity contribution in [3.63, 3.8) is 0 Å². The quantitative estimate of drug-likeness (QED) is 0.750. The molecule has 0 bridgehead atoms. The van der Waals surface area contributed by atoms with Gasteiger partial charge in [-0.1, -0.05) is 32.4 Å². The van der Waals surface area contributed by atoms with Crippen molar-refractivity contribution < 1.29 is 4.74 Å². The van der Waals surface area contributed by atoms with E-state index in [0.29, 0.717) is 6.54 Å². The fraction of sp³-hybridized carbons (Fsp3) is 0.647. The van der Waals surface area contributed by atoms with Crippen LogP contribution in [0.2, 0.25) is 0 Å². The summed E-state index contributed by atoms with van der Waals surface area (Å²) in [5.74, 6) is 0.933. The average molecular weight is 278 g/mol. The predicted octanol–water partition coefficient (Wildman–Crippen LogP) is 3.60. The smallest absolute Gasteiger partial charge is 0.120 e. The number of nitrogens with two attached hydrogens (primary N) is 1. The van der Waals surface area contributed by atoms with Crippen molar-refractivity contribution in [3.05, 3.63) is 29.8 Å². The van der Waals surface area contributed by atoms with Crippen LogP contribution in [-0.4, -0.2) is 30.6 Å². The van der Waals surface area contributed by atoms with E-state index in [2.05, 4.69) is 36.9 Å². The van der Waals surface area contributed by atoms with Gasteiger partial charge < -0.3 is 10.5 Å². The largest absolute Gasteiger partial charge is 0.491 e. The number of nitrogens with zero attached hydrogens (tertiary/aromatic N) is 1. The van der Waals surface area contributed by atoms with Crippen LogP contribution in [0, 0.1) is 0 Å². The number of unbranched alkanes of at least 4 members (excludes halogenated alkanes) is 1. The number of hydrogen-bond donors (Lipinski definition) is 1. The molecule has 3 nitrogen and oxygen atoms in total. The second kappa shape index (κ2) is 8.98. The fourth-order valence-electron chi connectivity index (χ4n) is 2.46. The Morgan fingerprint density at radius 1 is 1.25 bits per heavy atom. The molecular weight excluding hydrogens is 248 g/mol. The van der Waals surface area contributed by atoms with Crippen LogP contribution < -0.4 is 10.5 Å². The summed E-state index contributed by atoms with van der Waals surface area (Å²) in [6.07, 6.45) is 2.63. The Kier molecular flexibility index (Phi) is 7.63. The van der Waals surface area contributed by atoms with Gasteiger partial charge in [-0.25, -0.2) is 0 Å². The van der Waals surface area contributed by atoms with Crippen LogP contribution in [0.25, 0.3) is 0 Å². The van der Waals surface area contributed by atoms with Crippen LogP contribution in [0.1, 0.15) is 52.1 Å². The molecule has 1 aromatic rings. The Morgan fingerprint density at radius 3 is 2.55 bits per heavy atom. The first kappa shape index (κ1) is 17.0. The lowest BCUT2D eigenvalue weighted by Gasteiger charge is -2.30. The summed E-state index contributed by atoms with van der Waals surface area (Å²) in [5, 5.41) is 0. The van der Waals surface area contributed by atoms with Crippen molar-refractivity contribution in [1.82, 2.24) is 4.90 Å². The number of hydrogen-bond acceptors (Lipinski definition) is 3. The van der Waals surface area contributed by atoms with Gasteiger partial charge in [-0.3, -0.25) is 4.90 Å². The second-order valence-electron chi connectivity index (χ2n) is 5.47. The summed E-state index contributed by atoms with van der Waals surface area (Å²) in [6.45, 7) is 11.3. The molecule has 0 saturated carbocycles. The minimum absolute atomic E-state index is 0.198. The van der Waals surface area contributed by atoms with Crippen molar-refractivity contribution in [2.24, 2.45) is 5.73 Å². The summed E-state index contributed by atoms with van der Waals surface area (Å²) >= 11 is 0.